The molecule has 0 unspecified atom stereocenters. The van der Waals surface area contributed by atoms with Crippen LogP contribution in [0.1, 0.15) is 41.5 Å². The molecule has 126 valence electrons. The van der Waals surface area contributed by atoms with Gasteiger partial charge in [-0.25, -0.2) is 0 Å². The molecule has 22 heavy (non-hydrogen) atoms. The average Bonchev–Trinajstić information content (AvgIpc) is 2.20. The van der Waals surface area contributed by atoms with E-state index in [0.29, 0.717) is 17.1 Å². The predicted octanol–water partition coefficient (Wildman–Crippen LogP) is 5.36. The van der Waals surface area contributed by atoms with Crippen LogP contribution in [-0.4, -0.2) is 29.2 Å². The van der Waals surface area contributed by atoms with Crippen molar-refractivity contribution in [1.82, 2.24) is 15.0 Å². The Bertz CT molecular complexity index is 475. The standard InChI is InChI=1S/C12H20Cl3N5S2/c1-10(2,3)19-7-16-8(20-11(4,5)6)18-9(17-7)21-22-12(13,14)15/h1-6H3,(H2,16,17,18,19,20). The van der Waals surface area contributed by atoms with Gasteiger partial charge < -0.3 is 10.6 Å². The molecule has 0 aliphatic rings. The highest BCUT2D eigenvalue weighted by Gasteiger charge is 2.23. The number of alkyl halides is 3. The quantitative estimate of drug-likeness (QED) is 0.517. The molecule has 0 atom stereocenters. The number of hydrogen-bond acceptors (Lipinski definition) is 7. The fourth-order valence-corrected chi connectivity index (χ4v) is 3.26. The number of nitrogens with zero attached hydrogens (tertiary/aromatic N) is 3. The molecule has 0 amide bonds. The topological polar surface area (TPSA) is 62.7 Å². The van der Waals surface area contributed by atoms with Gasteiger partial charge in [-0.1, -0.05) is 34.8 Å². The zero-order valence-corrected chi connectivity index (χ0v) is 17.2. The van der Waals surface area contributed by atoms with Gasteiger partial charge in [0.1, 0.15) is 0 Å². The lowest BCUT2D eigenvalue weighted by Crippen LogP contribution is -2.30. The van der Waals surface area contributed by atoms with Crippen molar-refractivity contribution in [3.8, 4) is 0 Å². The van der Waals surface area contributed by atoms with Crippen molar-refractivity contribution < 1.29 is 0 Å². The number of rotatable bonds is 4. The Balaban J connectivity index is 3.04. The molecule has 1 aromatic heterocycles. The first-order chi connectivity index (χ1) is 9.73. The lowest BCUT2D eigenvalue weighted by atomic mass is 10.1. The third-order valence-corrected chi connectivity index (χ3v) is 5.37. The summed E-state index contributed by atoms with van der Waals surface area (Å²) >= 11 is 17.2. The van der Waals surface area contributed by atoms with Crippen LogP contribution >= 0.6 is 56.4 Å². The summed E-state index contributed by atoms with van der Waals surface area (Å²) in [5, 5.41) is 6.90. The second kappa shape index (κ2) is 7.38. The van der Waals surface area contributed by atoms with E-state index in [1.807, 2.05) is 41.5 Å². The maximum atomic E-state index is 5.75. The molecule has 0 saturated carbocycles. The molecule has 0 fully saturated rings. The van der Waals surface area contributed by atoms with Crippen LogP contribution in [0.25, 0.3) is 0 Å². The van der Waals surface area contributed by atoms with E-state index in [1.54, 1.807) is 0 Å². The van der Waals surface area contributed by atoms with Crippen LogP contribution in [0.3, 0.4) is 0 Å². The van der Waals surface area contributed by atoms with E-state index >= 15 is 0 Å². The predicted molar refractivity (Wildman–Crippen MR) is 100 cm³/mol. The van der Waals surface area contributed by atoms with Gasteiger partial charge in [0.25, 0.3) is 0 Å². The van der Waals surface area contributed by atoms with Crippen molar-refractivity contribution >= 4 is 68.3 Å². The Morgan fingerprint density at radius 1 is 0.773 bits per heavy atom. The summed E-state index contributed by atoms with van der Waals surface area (Å²) in [6.07, 6.45) is 0. The molecule has 0 bridgehead atoms. The summed E-state index contributed by atoms with van der Waals surface area (Å²) in [5.74, 6) is 0.948. The van der Waals surface area contributed by atoms with Crippen LogP contribution in [0, 0.1) is 0 Å². The Kier molecular flexibility index (Phi) is 6.79. The molecule has 0 spiro atoms. The van der Waals surface area contributed by atoms with Crippen molar-refractivity contribution in [2.24, 2.45) is 0 Å². The van der Waals surface area contributed by atoms with Crippen molar-refractivity contribution in [1.29, 1.82) is 0 Å². The van der Waals surface area contributed by atoms with Gasteiger partial charge in [-0.05, 0) is 63.1 Å². The highest BCUT2D eigenvalue weighted by atomic mass is 35.6. The van der Waals surface area contributed by atoms with E-state index in [0.717, 1.165) is 10.8 Å². The minimum absolute atomic E-state index is 0.176. The van der Waals surface area contributed by atoms with E-state index in [1.165, 1.54) is 10.8 Å². The summed E-state index contributed by atoms with van der Waals surface area (Å²) < 4.78 is -1.44. The Labute approximate surface area is 154 Å². The molecule has 0 aliphatic carbocycles. The Morgan fingerprint density at radius 2 is 1.18 bits per heavy atom. The molecule has 0 radical (unpaired) electrons. The fraction of sp³-hybridized carbons (Fsp3) is 0.750. The zero-order chi connectivity index (χ0) is 17.2. The Morgan fingerprint density at radius 3 is 1.50 bits per heavy atom. The first-order valence-electron chi connectivity index (χ1n) is 6.48. The summed E-state index contributed by atoms with van der Waals surface area (Å²) in [6, 6.07) is 0. The Hall–Kier alpha value is 0.180. The molecule has 2 N–H and O–H groups in total. The molecule has 0 aromatic carbocycles. The third-order valence-electron chi connectivity index (χ3n) is 1.80. The van der Waals surface area contributed by atoms with Gasteiger partial charge in [0.05, 0.1) is 0 Å². The van der Waals surface area contributed by atoms with Gasteiger partial charge >= 0.3 is 0 Å². The van der Waals surface area contributed by atoms with Gasteiger partial charge in [-0.15, -0.1) is 0 Å². The minimum atomic E-state index is -1.44. The van der Waals surface area contributed by atoms with Crippen molar-refractivity contribution in [3.05, 3.63) is 0 Å². The molecular weight excluding hydrogens is 385 g/mol. The maximum absolute atomic E-state index is 5.75. The van der Waals surface area contributed by atoms with E-state index in [-0.39, 0.29) is 11.1 Å². The van der Waals surface area contributed by atoms with Crippen molar-refractivity contribution in [3.63, 3.8) is 0 Å². The van der Waals surface area contributed by atoms with Gasteiger partial charge in [0, 0.05) is 11.1 Å². The van der Waals surface area contributed by atoms with Gasteiger partial charge in [-0.2, -0.15) is 15.0 Å². The largest absolute Gasteiger partial charge is 0.349 e. The number of aromatic nitrogens is 3. The fourth-order valence-electron chi connectivity index (χ4n) is 1.26. The summed E-state index contributed by atoms with van der Waals surface area (Å²) in [6.45, 7) is 12.1. The monoisotopic (exact) mass is 403 g/mol. The van der Waals surface area contributed by atoms with Crippen LogP contribution < -0.4 is 10.6 Å². The van der Waals surface area contributed by atoms with Crippen molar-refractivity contribution in [2.75, 3.05) is 10.6 Å². The SMILES string of the molecule is CC(C)(C)Nc1nc(NC(C)(C)C)nc(SSC(Cl)(Cl)Cl)n1. The number of nitrogens with one attached hydrogen (secondary N) is 2. The first kappa shape index (κ1) is 20.2. The molecule has 1 heterocycles. The molecule has 1 aromatic rings. The molecule has 10 heteroatoms. The normalized spacial score (nSPS) is 13.1. The second-order valence-electron chi connectivity index (χ2n) is 6.63. The molecule has 0 saturated heterocycles. The smallest absolute Gasteiger partial charge is 0.247 e. The van der Waals surface area contributed by atoms with Crippen LogP contribution in [0.4, 0.5) is 11.9 Å². The number of halogens is 3. The van der Waals surface area contributed by atoms with Crippen LogP contribution in [-0.2, 0) is 0 Å². The first-order valence-corrected chi connectivity index (χ1v) is 9.77. The van der Waals surface area contributed by atoms with Crippen LogP contribution in [0.2, 0.25) is 0 Å². The second-order valence-corrected chi connectivity index (χ2v) is 11.9. The summed E-state index contributed by atoms with van der Waals surface area (Å²) in [7, 11) is 2.23. The summed E-state index contributed by atoms with van der Waals surface area (Å²) in [5.41, 5.74) is -0.352. The van der Waals surface area contributed by atoms with Crippen molar-refractivity contribution in [2.45, 2.75) is 60.9 Å². The maximum Gasteiger partial charge on any atom is 0.247 e. The highest BCUT2D eigenvalue weighted by molar-refractivity contribution is 8.78. The van der Waals surface area contributed by atoms with E-state index in [4.69, 9.17) is 34.8 Å². The van der Waals surface area contributed by atoms with Crippen LogP contribution in [0.15, 0.2) is 5.16 Å². The lowest BCUT2D eigenvalue weighted by molar-refractivity contribution is 0.611. The molecule has 0 aliphatic heterocycles. The molecule has 1 rings (SSSR count). The van der Waals surface area contributed by atoms with Crippen LogP contribution in [0.5, 0.6) is 0 Å². The van der Waals surface area contributed by atoms with E-state index in [9.17, 15) is 0 Å². The van der Waals surface area contributed by atoms with E-state index in [2.05, 4.69) is 25.6 Å². The van der Waals surface area contributed by atoms with Gasteiger partial charge in [0.15, 0.2) is 0 Å². The molecule has 5 nitrogen and oxygen atoms in total. The highest BCUT2D eigenvalue weighted by Crippen LogP contribution is 2.48. The summed E-state index contributed by atoms with van der Waals surface area (Å²) in [4.78, 5) is 13.1. The zero-order valence-electron chi connectivity index (χ0n) is 13.3. The lowest BCUT2D eigenvalue weighted by Gasteiger charge is -2.23. The third kappa shape index (κ3) is 9.35. The minimum Gasteiger partial charge on any atom is -0.349 e. The van der Waals surface area contributed by atoms with Gasteiger partial charge in [0.2, 0.25) is 20.2 Å². The number of hydrogen-bond donors (Lipinski definition) is 2. The average molecular weight is 405 g/mol. The molecular formula is C12H20Cl3N5S2. The van der Waals surface area contributed by atoms with Gasteiger partial charge in [-0.3, -0.25) is 0 Å². The van der Waals surface area contributed by atoms with E-state index < -0.39 is 3.12 Å². The number of anilines is 2.